The molecule has 0 saturated heterocycles. The summed E-state index contributed by atoms with van der Waals surface area (Å²) in [6.45, 7) is 0. The van der Waals surface area contributed by atoms with Crippen molar-refractivity contribution in [2.24, 2.45) is 0 Å². The Morgan fingerprint density at radius 3 is 2.38 bits per heavy atom. The summed E-state index contributed by atoms with van der Waals surface area (Å²) in [5.74, 6) is 0. The van der Waals surface area contributed by atoms with Gasteiger partial charge < -0.3 is 9.47 Å². The molecule has 7 nitrogen and oxygen atoms in total. The van der Waals surface area contributed by atoms with Crippen LogP contribution in [-0.2, 0) is 19.7 Å². The molecule has 0 aliphatic heterocycles. The van der Waals surface area contributed by atoms with Crippen LogP contribution in [-0.4, -0.2) is 50.0 Å². The monoisotopic (exact) mass is 249 g/mol. The molecule has 0 N–H and O–H groups in total. The third-order valence-electron chi connectivity index (χ3n) is 1.98. The number of rotatable bonds is 5. The fourth-order valence-corrected chi connectivity index (χ4v) is 1.88. The second-order valence-corrected chi connectivity index (χ2v) is 5.27. The van der Waals surface area contributed by atoms with Crippen LogP contribution >= 0.6 is 0 Å². The van der Waals surface area contributed by atoms with Gasteiger partial charge in [-0.05, 0) is 0 Å². The predicted octanol–water partition coefficient (Wildman–Crippen LogP) is -0.171. The molecule has 8 heteroatoms. The van der Waals surface area contributed by atoms with Crippen LogP contribution in [0.2, 0.25) is 0 Å². The Labute approximate surface area is 94.8 Å². The zero-order chi connectivity index (χ0) is 12.3. The SMILES string of the molecule is COC(OC)c1cn(S(=O)(=O)N(C)C)cn1. The van der Waals surface area contributed by atoms with Crippen LogP contribution in [0.1, 0.15) is 12.0 Å². The fourth-order valence-electron chi connectivity index (χ4n) is 1.09. The van der Waals surface area contributed by atoms with E-state index in [1.54, 1.807) is 0 Å². The van der Waals surface area contributed by atoms with Gasteiger partial charge >= 0.3 is 10.2 Å². The van der Waals surface area contributed by atoms with Crippen LogP contribution in [0.25, 0.3) is 0 Å². The summed E-state index contributed by atoms with van der Waals surface area (Å²) < 4.78 is 35.5. The molecule has 0 aliphatic rings. The molecule has 0 saturated carbocycles. The van der Waals surface area contributed by atoms with E-state index >= 15 is 0 Å². The molecule has 92 valence electrons. The van der Waals surface area contributed by atoms with Crippen LogP contribution < -0.4 is 0 Å². The van der Waals surface area contributed by atoms with Crippen molar-refractivity contribution in [1.82, 2.24) is 13.3 Å². The molecule has 0 bridgehead atoms. The van der Waals surface area contributed by atoms with Crippen molar-refractivity contribution in [3.05, 3.63) is 18.2 Å². The lowest BCUT2D eigenvalue weighted by Crippen LogP contribution is -2.27. The first-order chi connectivity index (χ1) is 7.43. The Morgan fingerprint density at radius 2 is 1.94 bits per heavy atom. The number of ether oxygens (including phenoxy) is 2. The van der Waals surface area contributed by atoms with Crippen LogP contribution in [0, 0.1) is 0 Å². The van der Waals surface area contributed by atoms with E-state index in [0.29, 0.717) is 5.69 Å². The molecule has 0 fully saturated rings. The van der Waals surface area contributed by atoms with E-state index in [1.165, 1.54) is 40.8 Å². The molecule has 16 heavy (non-hydrogen) atoms. The Kier molecular flexibility index (Phi) is 4.03. The van der Waals surface area contributed by atoms with E-state index in [-0.39, 0.29) is 0 Å². The molecule has 1 rings (SSSR count). The van der Waals surface area contributed by atoms with E-state index in [2.05, 4.69) is 4.98 Å². The summed E-state index contributed by atoms with van der Waals surface area (Å²) in [6, 6.07) is 0. The molecule has 0 spiro atoms. The average molecular weight is 249 g/mol. The van der Waals surface area contributed by atoms with E-state index in [4.69, 9.17) is 9.47 Å². The number of imidazole rings is 1. The van der Waals surface area contributed by atoms with Gasteiger partial charge in [0.05, 0.1) is 0 Å². The highest BCUT2D eigenvalue weighted by atomic mass is 32.2. The van der Waals surface area contributed by atoms with Crippen molar-refractivity contribution >= 4 is 10.2 Å². The second kappa shape index (κ2) is 4.91. The lowest BCUT2D eigenvalue weighted by atomic mass is 10.5. The summed E-state index contributed by atoms with van der Waals surface area (Å²) in [5, 5.41) is 0. The van der Waals surface area contributed by atoms with Gasteiger partial charge in [-0.3, -0.25) is 0 Å². The lowest BCUT2D eigenvalue weighted by Gasteiger charge is -2.12. The molecule has 0 aromatic carbocycles. The largest absolute Gasteiger partial charge is 0.350 e. The van der Waals surface area contributed by atoms with Gasteiger partial charge in [0.25, 0.3) is 0 Å². The maximum absolute atomic E-state index is 11.7. The smallest absolute Gasteiger partial charge is 0.308 e. The number of hydrogen-bond acceptors (Lipinski definition) is 5. The van der Waals surface area contributed by atoms with E-state index in [9.17, 15) is 8.42 Å². The minimum Gasteiger partial charge on any atom is -0.350 e. The van der Waals surface area contributed by atoms with E-state index in [0.717, 1.165) is 8.28 Å². The number of aromatic nitrogens is 2. The molecule has 1 heterocycles. The Bertz CT molecular complexity index is 436. The van der Waals surface area contributed by atoms with Crippen LogP contribution in [0.3, 0.4) is 0 Å². The normalized spacial score (nSPS) is 12.6. The third-order valence-corrected chi connectivity index (χ3v) is 3.63. The van der Waals surface area contributed by atoms with Crippen molar-refractivity contribution in [2.45, 2.75) is 6.29 Å². The third kappa shape index (κ3) is 2.40. The highest BCUT2D eigenvalue weighted by molar-refractivity contribution is 7.87. The molecular weight excluding hydrogens is 234 g/mol. The van der Waals surface area contributed by atoms with Crippen molar-refractivity contribution in [1.29, 1.82) is 0 Å². The first-order valence-corrected chi connectivity index (χ1v) is 5.85. The van der Waals surface area contributed by atoms with Gasteiger partial charge in [0.1, 0.15) is 12.0 Å². The van der Waals surface area contributed by atoms with Gasteiger partial charge in [-0.2, -0.15) is 12.7 Å². The Hall–Kier alpha value is -0.960. The maximum atomic E-state index is 11.7. The number of hydrogen-bond donors (Lipinski definition) is 0. The van der Waals surface area contributed by atoms with E-state index < -0.39 is 16.5 Å². The summed E-state index contributed by atoms with van der Waals surface area (Å²) in [6.07, 6.45) is 1.89. The average Bonchev–Trinajstić information content (AvgIpc) is 2.69. The molecule has 0 atom stereocenters. The summed E-state index contributed by atoms with van der Waals surface area (Å²) in [4.78, 5) is 3.91. The summed E-state index contributed by atoms with van der Waals surface area (Å²) >= 11 is 0. The summed E-state index contributed by atoms with van der Waals surface area (Å²) in [7, 11) is 2.26. The number of nitrogens with zero attached hydrogens (tertiary/aromatic N) is 3. The van der Waals surface area contributed by atoms with Gasteiger partial charge in [-0.25, -0.2) is 8.96 Å². The Morgan fingerprint density at radius 1 is 1.38 bits per heavy atom. The zero-order valence-electron chi connectivity index (χ0n) is 9.61. The van der Waals surface area contributed by atoms with Gasteiger partial charge in [-0.15, -0.1) is 0 Å². The van der Waals surface area contributed by atoms with Crippen molar-refractivity contribution in [3.8, 4) is 0 Å². The highest BCUT2D eigenvalue weighted by Crippen LogP contribution is 2.15. The maximum Gasteiger partial charge on any atom is 0.308 e. The fraction of sp³-hybridized carbons (Fsp3) is 0.625. The van der Waals surface area contributed by atoms with E-state index in [1.807, 2.05) is 0 Å². The topological polar surface area (TPSA) is 73.7 Å². The van der Waals surface area contributed by atoms with Gasteiger partial charge in [0, 0.05) is 34.5 Å². The number of methoxy groups -OCH3 is 2. The molecule has 1 aromatic rings. The van der Waals surface area contributed by atoms with Gasteiger partial charge in [-0.1, -0.05) is 0 Å². The van der Waals surface area contributed by atoms with Gasteiger partial charge in [0.15, 0.2) is 0 Å². The lowest BCUT2D eigenvalue weighted by molar-refractivity contribution is -0.108. The first kappa shape index (κ1) is 13.1. The Balaban J connectivity index is 3.04. The zero-order valence-corrected chi connectivity index (χ0v) is 10.4. The minimum atomic E-state index is -3.53. The first-order valence-electron chi connectivity index (χ1n) is 4.46. The van der Waals surface area contributed by atoms with Crippen molar-refractivity contribution in [2.75, 3.05) is 28.3 Å². The van der Waals surface area contributed by atoms with Crippen molar-refractivity contribution < 1.29 is 17.9 Å². The molecular formula is C8H15N3O4S. The second-order valence-electron chi connectivity index (χ2n) is 3.22. The van der Waals surface area contributed by atoms with Crippen LogP contribution in [0.15, 0.2) is 12.5 Å². The van der Waals surface area contributed by atoms with Crippen LogP contribution in [0.4, 0.5) is 0 Å². The molecule has 0 unspecified atom stereocenters. The predicted molar refractivity (Wildman–Crippen MR) is 57.0 cm³/mol. The minimum absolute atomic E-state index is 0.399. The van der Waals surface area contributed by atoms with Crippen LogP contribution in [0.5, 0.6) is 0 Å². The molecule has 0 aliphatic carbocycles. The molecule has 0 radical (unpaired) electrons. The molecule has 0 amide bonds. The summed E-state index contributed by atoms with van der Waals surface area (Å²) in [5.41, 5.74) is 0.399. The highest BCUT2D eigenvalue weighted by Gasteiger charge is 2.19. The molecule has 1 aromatic heterocycles. The van der Waals surface area contributed by atoms with Crippen molar-refractivity contribution in [3.63, 3.8) is 0 Å². The quantitative estimate of drug-likeness (QED) is 0.677. The standard InChI is InChI=1S/C8H15N3O4S/c1-10(2)16(12,13)11-5-7(9-6-11)8(14-3)15-4/h5-6,8H,1-4H3. The van der Waals surface area contributed by atoms with Gasteiger partial charge in [0.2, 0.25) is 6.29 Å².